The van der Waals surface area contributed by atoms with Crippen LogP contribution in [0.4, 0.5) is 0 Å². The summed E-state index contributed by atoms with van der Waals surface area (Å²) in [4.78, 5) is 11.0. The zero-order chi connectivity index (χ0) is 13.1. The smallest absolute Gasteiger partial charge is 0.336 e. The minimum atomic E-state index is -0.963. The molecule has 17 heavy (non-hydrogen) atoms. The Morgan fingerprint density at radius 2 is 1.94 bits per heavy atom. The number of aliphatic hydroxyl groups is 1. The van der Waals surface area contributed by atoms with Crippen LogP contribution in [0.3, 0.4) is 0 Å². The van der Waals surface area contributed by atoms with Gasteiger partial charge >= 0.3 is 5.97 Å². The fraction of sp³-hybridized carbons (Fsp3) is 0.357. The van der Waals surface area contributed by atoms with E-state index in [9.17, 15) is 9.90 Å². The fourth-order valence-electron chi connectivity index (χ4n) is 1.29. The van der Waals surface area contributed by atoms with Crippen molar-refractivity contribution >= 4 is 12.0 Å². The van der Waals surface area contributed by atoms with Crippen molar-refractivity contribution in [1.82, 2.24) is 0 Å². The first-order chi connectivity index (χ1) is 7.84. The van der Waals surface area contributed by atoms with Crippen LogP contribution in [0.15, 0.2) is 30.3 Å². The van der Waals surface area contributed by atoms with E-state index in [1.807, 2.05) is 13.8 Å². The fourth-order valence-corrected chi connectivity index (χ4v) is 1.29. The molecule has 0 fully saturated rings. The first-order valence-corrected chi connectivity index (χ1v) is 5.58. The van der Waals surface area contributed by atoms with Crippen molar-refractivity contribution in [3.05, 3.63) is 41.5 Å². The van der Waals surface area contributed by atoms with Crippen LogP contribution in [0.5, 0.6) is 0 Å². The molecule has 0 aliphatic rings. The van der Waals surface area contributed by atoms with Crippen LogP contribution >= 0.6 is 0 Å². The van der Waals surface area contributed by atoms with E-state index in [4.69, 9.17) is 5.11 Å². The molecule has 0 bridgehead atoms. The lowest BCUT2D eigenvalue weighted by molar-refractivity contribution is 0.0632. The minimum Gasteiger partial charge on any atom is -0.478 e. The third-order valence-electron chi connectivity index (χ3n) is 2.96. The molecule has 2 N–H and O–H groups in total. The van der Waals surface area contributed by atoms with E-state index in [0.29, 0.717) is 5.56 Å². The summed E-state index contributed by atoms with van der Waals surface area (Å²) in [5.74, 6) is -0.898. The Kier molecular flexibility index (Phi) is 4.07. The maximum Gasteiger partial charge on any atom is 0.336 e. The summed E-state index contributed by atoms with van der Waals surface area (Å²) in [5.41, 5.74) is -0.102. The Labute approximate surface area is 101 Å². The highest BCUT2D eigenvalue weighted by Gasteiger charge is 2.21. The average molecular weight is 234 g/mol. The van der Waals surface area contributed by atoms with Crippen LogP contribution in [0.25, 0.3) is 6.08 Å². The van der Waals surface area contributed by atoms with E-state index in [-0.39, 0.29) is 11.5 Å². The highest BCUT2D eigenvalue weighted by molar-refractivity contribution is 5.92. The predicted octanol–water partition coefficient (Wildman–Crippen LogP) is 2.81. The van der Waals surface area contributed by atoms with E-state index in [1.165, 1.54) is 0 Å². The first kappa shape index (κ1) is 13.5. The van der Waals surface area contributed by atoms with E-state index >= 15 is 0 Å². The van der Waals surface area contributed by atoms with E-state index in [2.05, 4.69) is 0 Å². The number of rotatable bonds is 4. The number of hydrogen-bond donors (Lipinski definition) is 2. The molecule has 1 unspecified atom stereocenters. The van der Waals surface area contributed by atoms with E-state index in [0.717, 1.165) is 0 Å². The Morgan fingerprint density at radius 1 is 1.35 bits per heavy atom. The van der Waals surface area contributed by atoms with E-state index < -0.39 is 11.6 Å². The minimum absolute atomic E-state index is 0.0655. The molecule has 0 radical (unpaired) electrons. The summed E-state index contributed by atoms with van der Waals surface area (Å²) < 4.78 is 0. The maximum absolute atomic E-state index is 11.0. The van der Waals surface area contributed by atoms with Gasteiger partial charge in [-0.3, -0.25) is 0 Å². The van der Waals surface area contributed by atoms with Gasteiger partial charge < -0.3 is 10.2 Å². The Hall–Kier alpha value is -1.61. The molecule has 0 saturated heterocycles. The molecule has 1 aromatic carbocycles. The van der Waals surface area contributed by atoms with Gasteiger partial charge in [-0.05, 0) is 24.5 Å². The molecule has 0 aliphatic carbocycles. The number of carbonyl (C=O) groups is 1. The summed E-state index contributed by atoms with van der Waals surface area (Å²) in [6.45, 7) is 5.53. The van der Waals surface area contributed by atoms with Gasteiger partial charge in [-0.25, -0.2) is 4.79 Å². The quantitative estimate of drug-likeness (QED) is 0.842. The zero-order valence-corrected chi connectivity index (χ0v) is 10.3. The van der Waals surface area contributed by atoms with Gasteiger partial charge in [0.05, 0.1) is 11.2 Å². The third-order valence-corrected chi connectivity index (χ3v) is 2.96. The average Bonchev–Trinajstić information content (AvgIpc) is 2.26. The molecule has 1 aromatic rings. The van der Waals surface area contributed by atoms with Crippen molar-refractivity contribution in [3.8, 4) is 0 Å². The maximum atomic E-state index is 11.0. The Morgan fingerprint density at radius 3 is 2.47 bits per heavy atom. The van der Waals surface area contributed by atoms with Gasteiger partial charge in [0, 0.05) is 0 Å². The number of hydrogen-bond acceptors (Lipinski definition) is 2. The predicted molar refractivity (Wildman–Crippen MR) is 67.9 cm³/mol. The summed E-state index contributed by atoms with van der Waals surface area (Å²) >= 11 is 0. The summed E-state index contributed by atoms with van der Waals surface area (Å²) in [7, 11) is 0. The van der Waals surface area contributed by atoms with Crippen molar-refractivity contribution in [2.75, 3.05) is 0 Å². The van der Waals surface area contributed by atoms with Crippen LogP contribution in [-0.4, -0.2) is 21.8 Å². The molecular formula is C14H18O3. The Balaban J connectivity index is 3.04. The summed E-state index contributed by atoms with van der Waals surface area (Å²) in [6.07, 6.45) is 3.29. The van der Waals surface area contributed by atoms with Crippen LogP contribution in [0.1, 0.15) is 36.7 Å². The zero-order valence-electron chi connectivity index (χ0n) is 10.3. The monoisotopic (exact) mass is 234 g/mol. The van der Waals surface area contributed by atoms with Crippen LogP contribution in [0, 0.1) is 5.92 Å². The van der Waals surface area contributed by atoms with Gasteiger partial charge in [-0.2, -0.15) is 0 Å². The van der Waals surface area contributed by atoms with Crippen LogP contribution < -0.4 is 0 Å². The van der Waals surface area contributed by atoms with Gasteiger partial charge in [-0.1, -0.05) is 44.2 Å². The summed E-state index contributed by atoms with van der Waals surface area (Å²) in [5, 5.41) is 19.1. The molecule has 3 heteroatoms. The van der Waals surface area contributed by atoms with Gasteiger partial charge in [-0.15, -0.1) is 0 Å². The number of carboxylic acid groups (broad SMARTS) is 1. The second-order valence-electron chi connectivity index (χ2n) is 4.61. The topological polar surface area (TPSA) is 57.5 Å². The highest BCUT2D eigenvalue weighted by atomic mass is 16.4. The molecule has 0 saturated carbocycles. The lowest BCUT2D eigenvalue weighted by atomic mass is 9.91. The van der Waals surface area contributed by atoms with E-state index in [1.54, 1.807) is 43.3 Å². The lowest BCUT2D eigenvalue weighted by Gasteiger charge is -2.23. The SMILES string of the molecule is CC(C)C(C)(O)/C=C/c1ccccc1C(=O)O. The molecule has 0 amide bonds. The molecule has 0 heterocycles. The molecule has 0 aliphatic heterocycles. The van der Waals surface area contributed by atoms with Crippen molar-refractivity contribution in [3.63, 3.8) is 0 Å². The lowest BCUT2D eigenvalue weighted by Crippen LogP contribution is -2.27. The molecule has 1 atom stereocenters. The van der Waals surface area contributed by atoms with Crippen LogP contribution in [0.2, 0.25) is 0 Å². The third kappa shape index (κ3) is 3.43. The van der Waals surface area contributed by atoms with Gasteiger partial charge in [0.15, 0.2) is 0 Å². The van der Waals surface area contributed by atoms with Crippen molar-refractivity contribution in [2.45, 2.75) is 26.4 Å². The Bertz CT molecular complexity index is 431. The molecule has 1 rings (SSSR count). The number of aromatic carboxylic acids is 1. The highest BCUT2D eigenvalue weighted by Crippen LogP contribution is 2.20. The van der Waals surface area contributed by atoms with Gasteiger partial charge in [0.1, 0.15) is 0 Å². The molecule has 0 spiro atoms. The van der Waals surface area contributed by atoms with Crippen molar-refractivity contribution < 1.29 is 15.0 Å². The second kappa shape index (κ2) is 5.15. The molecule has 92 valence electrons. The standard InChI is InChI=1S/C14H18O3/c1-10(2)14(3,17)9-8-11-6-4-5-7-12(11)13(15)16/h4-10,17H,1-3H3,(H,15,16)/b9-8+. The number of carboxylic acids is 1. The molecule has 3 nitrogen and oxygen atoms in total. The number of benzene rings is 1. The summed E-state index contributed by atoms with van der Waals surface area (Å²) in [6, 6.07) is 6.72. The first-order valence-electron chi connectivity index (χ1n) is 5.58. The molecule has 0 aromatic heterocycles. The van der Waals surface area contributed by atoms with Gasteiger partial charge in [0.2, 0.25) is 0 Å². The van der Waals surface area contributed by atoms with Crippen LogP contribution in [-0.2, 0) is 0 Å². The second-order valence-corrected chi connectivity index (χ2v) is 4.61. The molecular weight excluding hydrogens is 216 g/mol. The van der Waals surface area contributed by atoms with Gasteiger partial charge in [0.25, 0.3) is 0 Å². The largest absolute Gasteiger partial charge is 0.478 e. The normalized spacial score (nSPS) is 15.1. The van der Waals surface area contributed by atoms with Crippen molar-refractivity contribution in [1.29, 1.82) is 0 Å². The van der Waals surface area contributed by atoms with Crippen molar-refractivity contribution in [2.24, 2.45) is 5.92 Å².